The molecule has 0 spiro atoms. The second kappa shape index (κ2) is 13.5. The smallest absolute Gasteiger partial charge is 0.303 e. The van der Waals surface area contributed by atoms with E-state index in [0.29, 0.717) is 12.1 Å². The van der Waals surface area contributed by atoms with E-state index >= 15 is 0 Å². The Kier molecular flexibility index (Phi) is 10.2. The van der Waals surface area contributed by atoms with Gasteiger partial charge in [-0.05, 0) is 24.3 Å². The number of hydrogen-bond donors (Lipinski definition) is 0. The lowest BCUT2D eigenvalue weighted by molar-refractivity contribution is -0.212. The molecule has 1 aliphatic rings. The number of aromatic nitrogens is 3. The van der Waals surface area contributed by atoms with Gasteiger partial charge < -0.3 is 18.9 Å². The van der Waals surface area contributed by atoms with Crippen molar-refractivity contribution in [1.29, 1.82) is 0 Å². The quantitative estimate of drug-likeness (QED) is 0.103. The lowest BCUT2D eigenvalue weighted by atomic mass is 9.96. The van der Waals surface area contributed by atoms with E-state index < -0.39 is 77.6 Å². The molecule has 43 heavy (non-hydrogen) atoms. The molecule has 1 fully saturated rings. The van der Waals surface area contributed by atoms with E-state index in [4.69, 9.17) is 42.1 Å². The van der Waals surface area contributed by atoms with Crippen LogP contribution in [-0.4, -0.2) is 63.3 Å². The monoisotopic (exact) mass is 665 g/mol. The average Bonchev–Trinajstić information content (AvgIpc) is 3.40. The first kappa shape index (κ1) is 32.5. The summed E-state index contributed by atoms with van der Waals surface area (Å²) in [6.07, 6.45) is -2.82. The third-order valence-corrected chi connectivity index (χ3v) is 7.89. The van der Waals surface area contributed by atoms with E-state index in [1.807, 2.05) is 0 Å². The predicted molar refractivity (Wildman–Crippen MR) is 143 cm³/mol. The van der Waals surface area contributed by atoms with Gasteiger partial charge in [0.2, 0.25) is 0 Å². The van der Waals surface area contributed by atoms with Gasteiger partial charge in [0.25, 0.3) is 0 Å². The number of rotatable bonds is 8. The largest absolute Gasteiger partial charge is 0.463 e. The summed E-state index contributed by atoms with van der Waals surface area (Å²) in [4.78, 5) is 36.0. The molecule has 1 saturated heterocycles. The van der Waals surface area contributed by atoms with E-state index in [0.717, 1.165) is 43.3 Å². The Morgan fingerprint density at radius 2 is 1.51 bits per heavy atom. The van der Waals surface area contributed by atoms with Gasteiger partial charge in [0, 0.05) is 31.2 Å². The molecule has 0 bridgehead atoms. The van der Waals surface area contributed by atoms with Crippen LogP contribution in [-0.2, 0) is 33.3 Å². The molecule has 0 N–H and O–H groups in total. The van der Waals surface area contributed by atoms with Crippen molar-refractivity contribution in [1.82, 2.24) is 15.0 Å². The fraction of sp³-hybridized carbons (Fsp3) is 0.346. The Morgan fingerprint density at radius 1 is 0.907 bits per heavy atom. The number of esters is 3. The first-order valence-electron chi connectivity index (χ1n) is 12.3. The summed E-state index contributed by atoms with van der Waals surface area (Å²) in [5, 5.41) is 7.83. The molecule has 2 heterocycles. The minimum Gasteiger partial charge on any atom is -0.463 e. The van der Waals surface area contributed by atoms with Crippen molar-refractivity contribution in [2.24, 2.45) is 0 Å². The third kappa shape index (κ3) is 7.58. The molecule has 4 rings (SSSR count). The average molecular weight is 666 g/mol. The third-order valence-electron chi connectivity index (χ3n) is 5.99. The molecule has 0 radical (unpaired) electrons. The molecular formula is C26H21Cl2F4N3O7S. The van der Waals surface area contributed by atoms with Gasteiger partial charge in [-0.2, -0.15) is 0 Å². The number of hydrogen-bond acceptors (Lipinski definition) is 10. The van der Waals surface area contributed by atoms with E-state index in [2.05, 4.69) is 10.3 Å². The van der Waals surface area contributed by atoms with Crippen LogP contribution in [0.5, 0.6) is 0 Å². The van der Waals surface area contributed by atoms with Crippen LogP contribution in [0.15, 0.2) is 35.4 Å². The van der Waals surface area contributed by atoms with Crippen molar-refractivity contribution in [3.05, 3.63) is 63.8 Å². The summed E-state index contributed by atoms with van der Waals surface area (Å²) in [6, 6.07) is 2.29. The van der Waals surface area contributed by atoms with Gasteiger partial charge in [0.15, 0.2) is 29.7 Å². The topological polar surface area (TPSA) is 119 Å². The molecule has 0 unspecified atom stereocenters. The van der Waals surface area contributed by atoms with Crippen LogP contribution >= 0.6 is 35.0 Å². The number of carbonyl (C=O) groups excluding carboxylic acids is 3. The Balaban J connectivity index is 1.84. The molecule has 17 heteroatoms. The second-order valence-corrected chi connectivity index (χ2v) is 11.1. The zero-order chi connectivity index (χ0) is 31.6. The van der Waals surface area contributed by atoms with Crippen LogP contribution in [0.4, 0.5) is 17.6 Å². The van der Waals surface area contributed by atoms with Crippen LogP contribution in [0.25, 0.3) is 11.3 Å². The van der Waals surface area contributed by atoms with Gasteiger partial charge >= 0.3 is 17.9 Å². The van der Waals surface area contributed by atoms with Crippen LogP contribution in [0.1, 0.15) is 26.8 Å². The summed E-state index contributed by atoms with van der Waals surface area (Å²) in [6.45, 7) is 2.84. The number of thioether (sulfide) groups is 1. The number of ether oxygens (including phenoxy) is 4. The first-order chi connectivity index (χ1) is 20.2. The maximum Gasteiger partial charge on any atom is 0.303 e. The highest BCUT2D eigenvalue weighted by Gasteiger charge is 2.52. The summed E-state index contributed by atoms with van der Waals surface area (Å²) < 4.78 is 79.7. The number of nitrogens with zero attached hydrogens (tertiary/aromatic N) is 3. The van der Waals surface area contributed by atoms with E-state index in [1.165, 1.54) is 12.3 Å². The fourth-order valence-electron chi connectivity index (χ4n) is 4.26. The molecule has 1 aliphatic heterocycles. The van der Waals surface area contributed by atoms with Gasteiger partial charge in [0.05, 0.1) is 16.2 Å². The molecule has 10 nitrogen and oxygen atoms in total. The highest BCUT2D eigenvalue weighted by atomic mass is 35.5. The zero-order valence-electron chi connectivity index (χ0n) is 22.4. The molecule has 0 saturated carbocycles. The molecular weight excluding hydrogens is 645 g/mol. The maximum atomic E-state index is 14.9. The van der Waals surface area contributed by atoms with Crippen molar-refractivity contribution in [3.8, 4) is 11.3 Å². The predicted octanol–water partition coefficient (Wildman–Crippen LogP) is 5.29. The first-order valence-corrected chi connectivity index (χ1v) is 13.9. The molecule has 230 valence electrons. The lowest BCUT2D eigenvalue weighted by Gasteiger charge is -2.44. The van der Waals surface area contributed by atoms with Gasteiger partial charge in [0.1, 0.15) is 35.7 Å². The number of benzene rings is 2. The van der Waals surface area contributed by atoms with Crippen molar-refractivity contribution < 1.29 is 50.9 Å². The number of carbonyl (C=O) groups is 3. The second-order valence-electron chi connectivity index (χ2n) is 9.14. The molecule has 2 aromatic carbocycles. The Bertz CT molecular complexity index is 1540. The van der Waals surface area contributed by atoms with Crippen LogP contribution < -0.4 is 0 Å². The van der Waals surface area contributed by atoms with Crippen LogP contribution in [0.2, 0.25) is 10.0 Å². The summed E-state index contributed by atoms with van der Waals surface area (Å²) in [5.41, 5.74) is -1.60. The minimum absolute atomic E-state index is 0.0101. The Labute approximate surface area is 255 Å². The SMILES string of the molecule is CC(=O)OC[C@H]1O[C@H](Sc2cc(Cl)c(Cl)cc2F)[C@H](OC(C)=O)[C@@H](n2cc(-c3cc(F)c(F)c(F)c3)nn2)[C@H]1OC(C)=O. The molecule has 0 aliphatic carbocycles. The van der Waals surface area contributed by atoms with E-state index in [9.17, 15) is 31.9 Å². The van der Waals surface area contributed by atoms with Gasteiger partial charge in [-0.15, -0.1) is 5.10 Å². The van der Waals surface area contributed by atoms with Crippen molar-refractivity contribution in [3.63, 3.8) is 0 Å². The normalized spacial score (nSPS) is 21.7. The number of halogens is 6. The van der Waals surface area contributed by atoms with Crippen molar-refractivity contribution >= 4 is 52.9 Å². The zero-order valence-corrected chi connectivity index (χ0v) is 24.7. The van der Waals surface area contributed by atoms with Gasteiger partial charge in [-0.1, -0.05) is 40.2 Å². The minimum atomic E-state index is -1.69. The van der Waals surface area contributed by atoms with Crippen LogP contribution in [0.3, 0.4) is 0 Å². The van der Waals surface area contributed by atoms with E-state index in [1.54, 1.807) is 0 Å². The lowest BCUT2D eigenvalue weighted by Crippen LogP contribution is -2.57. The summed E-state index contributed by atoms with van der Waals surface area (Å²) in [7, 11) is 0. The highest BCUT2D eigenvalue weighted by Crippen LogP contribution is 2.43. The molecule has 0 amide bonds. The Hall–Kier alpha value is -3.40. The summed E-state index contributed by atoms with van der Waals surface area (Å²) >= 11 is 12.7. The molecule has 5 atom stereocenters. The van der Waals surface area contributed by atoms with Gasteiger partial charge in [-0.25, -0.2) is 22.2 Å². The maximum absolute atomic E-state index is 14.9. The Morgan fingerprint density at radius 3 is 2.12 bits per heavy atom. The fourth-order valence-corrected chi connectivity index (χ4v) is 5.79. The van der Waals surface area contributed by atoms with Crippen molar-refractivity contribution in [2.45, 2.75) is 55.5 Å². The molecule has 1 aromatic heterocycles. The molecule has 3 aromatic rings. The van der Waals surface area contributed by atoms with Crippen LogP contribution in [0, 0.1) is 23.3 Å². The van der Waals surface area contributed by atoms with Gasteiger partial charge in [-0.3, -0.25) is 14.4 Å². The van der Waals surface area contributed by atoms with Crippen molar-refractivity contribution in [2.75, 3.05) is 6.61 Å². The standard InChI is InChI=1S/C26H21Cl2F4N3O7S/c1-10(36)39-9-20-24(40-11(2)37)23(35-8-19(33-34-35)13-4-17(30)22(32)18(31)5-13)25(41-12(3)38)26(42-20)43-21-7-15(28)14(27)6-16(21)29/h4-8,20,23-26H,9H2,1-3H3/t20-,23+,24+,25-,26-/m1/s1. The highest BCUT2D eigenvalue weighted by molar-refractivity contribution is 7.99. The summed E-state index contributed by atoms with van der Waals surface area (Å²) in [5.74, 6) is -7.76. The van der Waals surface area contributed by atoms with E-state index in [-0.39, 0.29) is 26.2 Å².